The van der Waals surface area contributed by atoms with Gasteiger partial charge in [0, 0.05) is 19.6 Å². The van der Waals surface area contributed by atoms with Crippen LogP contribution in [0.1, 0.15) is 37.3 Å². The molecule has 8 heteroatoms. The third kappa shape index (κ3) is 5.51. The number of alkyl carbamates (subject to hydrolysis) is 1. The number of rotatable bonds is 10. The van der Waals surface area contributed by atoms with Crippen molar-refractivity contribution >= 4 is 18.0 Å². The van der Waals surface area contributed by atoms with Crippen molar-refractivity contribution in [3.8, 4) is 11.1 Å². The summed E-state index contributed by atoms with van der Waals surface area (Å²) in [5.74, 6) is -1.76. The molecule has 2 atom stereocenters. The summed E-state index contributed by atoms with van der Waals surface area (Å²) < 4.78 is 10.8. The van der Waals surface area contributed by atoms with Gasteiger partial charge in [-0.1, -0.05) is 55.5 Å². The van der Waals surface area contributed by atoms with E-state index in [1.54, 1.807) is 6.92 Å². The summed E-state index contributed by atoms with van der Waals surface area (Å²) in [6.45, 7) is 3.39. The van der Waals surface area contributed by atoms with Gasteiger partial charge in [0.1, 0.15) is 19.2 Å². The van der Waals surface area contributed by atoms with E-state index in [1.807, 2.05) is 55.5 Å². The van der Waals surface area contributed by atoms with Gasteiger partial charge in [-0.05, 0) is 35.6 Å². The maximum absolute atomic E-state index is 13.0. The minimum absolute atomic E-state index is 0.107. The number of carbonyl (C=O) groups excluding carboxylic acids is 2. The van der Waals surface area contributed by atoms with E-state index in [4.69, 9.17) is 14.6 Å². The monoisotopic (exact) mass is 454 g/mol. The lowest BCUT2D eigenvalue weighted by Gasteiger charge is -2.29. The van der Waals surface area contributed by atoms with Crippen LogP contribution in [0.3, 0.4) is 0 Å². The van der Waals surface area contributed by atoms with E-state index in [0.29, 0.717) is 6.42 Å². The molecule has 33 heavy (non-hydrogen) atoms. The Morgan fingerprint density at radius 3 is 2.15 bits per heavy atom. The van der Waals surface area contributed by atoms with Crippen LogP contribution in [0.2, 0.25) is 0 Å². The van der Waals surface area contributed by atoms with E-state index in [2.05, 4.69) is 5.32 Å². The van der Waals surface area contributed by atoms with Crippen molar-refractivity contribution in [2.75, 3.05) is 26.8 Å². The molecule has 8 nitrogen and oxygen atoms in total. The number of carbonyl (C=O) groups is 3. The van der Waals surface area contributed by atoms with Crippen molar-refractivity contribution in [3.05, 3.63) is 59.7 Å². The number of carboxylic acids is 1. The van der Waals surface area contributed by atoms with Crippen LogP contribution < -0.4 is 5.32 Å². The molecule has 2 unspecified atom stereocenters. The van der Waals surface area contributed by atoms with Crippen LogP contribution >= 0.6 is 0 Å². The predicted molar refractivity (Wildman–Crippen MR) is 123 cm³/mol. The summed E-state index contributed by atoms with van der Waals surface area (Å²) in [5.41, 5.74) is 4.40. The first-order chi connectivity index (χ1) is 15.9. The van der Waals surface area contributed by atoms with Crippen molar-refractivity contribution in [2.24, 2.45) is 0 Å². The number of benzene rings is 2. The number of methoxy groups -OCH3 is 1. The second kappa shape index (κ2) is 11.0. The lowest BCUT2D eigenvalue weighted by molar-refractivity contribution is -0.146. The van der Waals surface area contributed by atoms with E-state index in [0.717, 1.165) is 22.3 Å². The number of fused-ring (bicyclic) bond motifs is 3. The zero-order valence-corrected chi connectivity index (χ0v) is 19.1. The highest BCUT2D eigenvalue weighted by Crippen LogP contribution is 2.44. The number of ether oxygens (including phenoxy) is 2. The zero-order chi connectivity index (χ0) is 24.0. The van der Waals surface area contributed by atoms with Gasteiger partial charge in [0.25, 0.3) is 0 Å². The molecule has 0 heterocycles. The SMILES string of the molecule is CCCN(CC(=O)O)C(=O)C(NC(=O)OCC1c2ccccc2-c2ccccc21)C(C)OC. The van der Waals surface area contributed by atoms with Gasteiger partial charge in [-0.25, -0.2) is 4.79 Å². The molecule has 0 fully saturated rings. The fourth-order valence-electron chi connectivity index (χ4n) is 4.18. The highest BCUT2D eigenvalue weighted by molar-refractivity contribution is 5.88. The molecule has 0 aliphatic heterocycles. The third-order valence-corrected chi connectivity index (χ3v) is 5.86. The number of hydrogen-bond donors (Lipinski definition) is 2. The van der Waals surface area contributed by atoms with Crippen LogP contribution in [0.4, 0.5) is 4.79 Å². The maximum Gasteiger partial charge on any atom is 0.407 e. The van der Waals surface area contributed by atoms with Crippen molar-refractivity contribution in [2.45, 2.75) is 38.3 Å². The number of amides is 2. The highest BCUT2D eigenvalue weighted by Gasteiger charge is 2.33. The average molecular weight is 455 g/mol. The minimum Gasteiger partial charge on any atom is -0.480 e. The van der Waals surface area contributed by atoms with Gasteiger partial charge >= 0.3 is 12.1 Å². The fraction of sp³-hybridized carbons (Fsp3) is 0.400. The molecular formula is C25H30N2O6. The van der Waals surface area contributed by atoms with E-state index in [1.165, 1.54) is 12.0 Å². The molecule has 2 amide bonds. The van der Waals surface area contributed by atoms with Crippen LogP contribution in [0.5, 0.6) is 0 Å². The van der Waals surface area contributed by atoms with E-state index >= 15 is 0 Å². The topological polar surface area (TPSA) is 105 Å². The molecule has 3 rings (SSSR count). The molecule has 0 bridgehead atoms. The van der Waals surface area contributed by atoms with Crippen LogP contribution in [0.25, 0.3) is 11.1 Å². The van der Waals surface area contributed by atoms with Gasteiger partial charge in [-0.3, -0.25) is 9.59 Å². The quantitative estimate of drug-likeness (QED) is 0.571. The molecule has 2 N–H and O–H groups in total. The first kappa shape index (κ1) is 24.3. The first-order valence-corrected chi connectivity index (χ1v) is 11.0. The van der Waals surface area contributed by atoms with Gasteiger partial charge in [-0.15, -0.1) is 0 Å². The number of nitrogens with zero attached hydrogens (tertiary/aromatic N) is 1. The summed E-state index contributed by atoms with van der Waals surface area (Å²) in [6, 6.07) is 14.9. The van der Waals surface area contributed by atoms with Crippen LogP contribution in [-0.2, 0) is 19.1 Å². The Bertz CT molecular complexity index is 962. The van der Waals surface area contributed by atoms with E-state index in [-0.39, 0.29) is 19.1 Å². The van der Waals surface area contributed by atoms with Crippen molar-refractivity contribution in [3.63, 3.8) is 0 Å². The van der Waals surface area contributed by atoms with E-state index in [9.17, 15) is 14.4 Å². The summed E-state index contributed by atoms with van der Waals surface area (Å²) >= 11 is 0. The predicted octanol–water partition coefficient (Wildman–Crippen LogP) is 3.25. The fourth-order valence-corrected chi connectivity index (χ4v) is 4.18. The second-order valence-electron chi connectivity index (χ2n) is 8.04. The molecule has 0 saturated heterocycles. The number of nitrogens with one attached hydrogen (secondary N) is 1. The average Bonchev–Trinajstić information content (AvgIpc) is 3.13. The largest absolute Gasteiger partial charge is 0.480 e. The summed E-state index contributed by atoms with van der Waals surface area (Å²) in [5, 5.41) is 11.7. The number of hydrogen-bond acceptors (Lipinski definition) is 5. The molecule has 1 aliphatic carbocycles. The smallest absolute Gasteiger partial charge is 0.407 e. The number of carboxylic acid groups (broad SMARTS) is 1. The van der Waals surface area contributed by atoms with Crippen LogP contribution in [0.15, 0.2) is 48.5 Å². The molecule has 0 spiro atoms. The second-order valence-corrected chi connectivity index (χ2v) is 8.04. The number of aliphatic carboxylic acids is 1. The molecular weight excluding hydrogens is 424 g/mol. The van der Waals surface area contributed by atoms with Gasteiger partial charge in [0.15, 0.2) is 0 Å². The summed E-state index contributed by atoms with van der Waals surface area (Å²) in [4.78, 5) is 38.1. The van der Waals surface area contributed by atoms with Crippen LogP contribution in [-0.4, -0.2) is 66.9 Å². The van der Waals surface area contributed by atoms with Crippen molar-refractivity contribution in [1.82, 2.24) is 10.2 Å². The third-order valence-electron chi connectivity index (χ3n) is 5.86. The lowest BCUT2D eigenvalue weighted by atomic mass is 9.98. The highest BCUT2D eigenvalue weighted by atomic mass is 16.5. The summed E-state index contributed by atoms with van der Waals surface area (Å²) in [7, 11) is 1.42. The Labute approximate surface area is 193 Å². The van der Waals surface area contributed by atoms with Gasteiger partial charge in [-0.2, -0.15) is 0 Å². The maximum atomic E-state index is 13.0. The molecule has 0 radical (unpaired) electrons. The Hall–Kier alpha value is -3.39. The normalized spacial score (nSPS) is 14.0. The molecule has 2 aromatic carbocycles. The lowest BCUT2D eigenvalue weighted by Crippen LogP contribution is -2.55. The Morgan fingerprint density at radius 2 is 1.64 bits per heavy atom. The molecule has 0 saturated carbocycles. The molecule has 1 aliphatic rings. The zero-order valence-electron chi connectivity index (χ0n) is 19.1. The first-order valence-electron chi connectivity index (χ1n) is 11.0. The Balaban J connectivity index is 1.71. The minimum atomic E-state index is -1.12. The standard InChI is InChI=1S/C25H30N2O6/c1-4-13-27(14-22(28)29)24(30)23(16(2)32-3)26-25(31)33-15-21-19-11-7-5-9-17(19)18-10-6-8-12-20(18)21/h5-12,16,21,23H,4,13-15H2,1-3H3,(H,26,31)(H,28,29). The van der Waals surface area contributed by atoms with E-state index < -0.39 is 36.7 Å². The Kier molecular flexibility index (Phi) is 8.06. The van der Waals surface area contributed by atoms with Crippen molar-refractivity contribution < 1.29 is 29.0 Å². The van der Waals surface area contributed by atoms with Gasteiger partial charge < -0.3 is 24.8 Å². The van der Waals surface area contributed by atoms with Crippen LogP contribution in [0, 0.1) is 0 Å². The molecule has 176 valence electrons. The molecule has 2 aromatic rings. The summed E-state index contributed by atoms with van der Waals surface area (Å²) in [6.07, 6.45) is -0.852. The molecule has 0 aromatic heterocycles. The Morgan fingerprint density at radius 1 is 1.06 bits per heavy atom. The van der Waals surface area contributed by atoms with Crippen molar-refractivity contribution in [1.29, 1.82) is 0 Å². The van der Waals surface area contributed by atoms with Gasteiger partial charge in [0.2, 0.25) is 5.91 Å². The van der Waals surface area contributed by atoms with Gasteiger partial charge in [0.05, 0.1) is 6.10 Å².